The van der Waals surface area contributed by atoms with E-state index in [0.717, 1.165) is 35.6 Å². The number of hydrogen-bond acceptors (Lipinski definition) is 7. The summed E-state index contributed by atoms with van der Waals surface area (Å²) < 4.78 is 45.1. The number of aromatic nitrogens is 3. The molecule has 3 atom stereocenters. The van der Waals surface area contributed by atoms with E-state index in [1.165, 1.54) is 37.9 Å². The Hall–Kier alpha value is -4.00. The van der Waals surface area contributed by atoms with Crippen LogP contribution in [0.3, 0.4) is 0 Å². The number of pyridine rings is 1. The number of benzene rings is 2. The summed E-state index contributed by atoms with van der Waals surface area (Å²) in [6, 6.07) is 12.2. The molecule has 4 aromatic rings. The molecule has 5 aliphatic rings. The van der Waals surface area contributed by atoms with Gasteiger partial charge in [0.2, 0.25) is 5.91 Å². The van der Waals surface area contributed by atoms with E-state index in [2.05, 4.69) is 21.6 Å². The van der Waals surface area contributed by atoms with Crippen LogP contribution in [0.5, 0.6) is 0 Å². The summed E-state index contributed by atoms with van der Waals surface area (Å²) in [5.41, 5.74) is 3.36. The third-order valence-electron chi connectivity index (χ3n) is 13.0. The first-order valence-corrected chi connectivity index (χ1v) is 19.2. The summed E-state index contributed by atoms with van der Waals surface area (Å²) in [7, 11) is 0. The Morgan fingerprint density at radius 1 is 1.00 bits per heavy atom. The van der Waals surface area contributed by atoms with Crippen LogP contribution in [-0.4, -0.2) is 67.1 Å². The van der Waals surface area contributed by atoms with Crippen molar-refractivity contribution in [3.8, 4) is 11.3 Å². The highest BCUT2D eigenvalue weighted by molar-refractivity contribution is 6.08. The number of fused-ring (bicyclic) bond motifs is 4. The van der Waals surface area contributed by atoms with Gasteiger partial charge in [0.15, 0.2) is 5.82 Å². The third-order valence-corrected chi connectivity index (χ3v) is 13.0. The lowest BCUT2D eigenvalue weighted by molar-refractivity contribution is -0.123. The van der Waals surface area contributed by atoms with Gasteiger partial charge in [-0.15, -0.1) is 0 Å². The number of carbonyl (C=O) groups excluding carboxylic acids is 1. The van der Waals surface area contributed by atoms with E-state index in [4.69, 9.17) is 9.97 Å². The fraction of sp³-hybridized carbons (Fsp3) is 0.537. The second kappa shape index (κ2) is 12.3. The standard InChI is InChI=1S/C41H48F3N7O2/c1-21(2)50-20-45-33-18-31(46-36(35(33)50)47-32-17-28(22(3)12-30(32)42)37(52)48-41(10-11-41)38(43)44)24-7-9-29-34(14-24)51(39(53)40(29,4)5)27-15-26(16-27)49-19-23-6-8-25(49)13-23/h7,9,12,14,17-18,20-21,23,25-27,37-38,48,52H,6,8,10-11,13,15-16,19H2,1-5H3,(H,46,47)/t23-,25+,26?,27?,37?/m0/s1. The third kappa shape index (κ3) is 5.57. The molecule has 2 aromatic heterocycles. The molecule has 3 saturated carbocycles. The number of likely N-dealkylation sites (tertiary alicyclic amines) is 1. The van der Waals surface area contributed by atoms with Crippen molar-refractivity contribution in [1.29, 1.82) is 0 Å². The van der Waals surface area contributed by atoms with Crippen LogP contribution in [0.15, 0.2) is 42.7 Å². The molecule has 3 aliphatic carbocycles. The minimum atomic E-state index is -2.63. The lowest BCUT2D eigenvalue weighted by Crippen LogP contribution is -2.57. The number of alkyl halides is 2. The smallest absolute Gasteiger partial charge is 0.256 e. The Bertz CT molecular complexity index is 2120. The monoisotopic (exact) mass is 727 g/mol. The molecule has 0 spiro atoms. The highest BCUT2D eigenvalue weighted by Gasteiger charge is 2.53. The van der Waals surface area contributed by atoms with Gasteiger partial charge in [-0.05, 0) is 121 Å². The molecular weight excluding hydrogens is 679 g/mol. The van der Waals surface area contributed by atoms with Crippen molar-refractivity contribution < 1.29 is 23.1 Å². The maximum absolute atomic E-state index is 15.7. The summed E-state index contributed by atoms with van der Waals surface area (Å²) >= 11 is 0. The van der Waals surface area contributed by atoms with Gasteiger partial charge in [-0.25, -0.2) is 23.1 Å². The van der Waals surface area contributed by atoms with Crippen molar-refractivity contribution in [2.24, 2.45) is 5.92 Å². The average molecular weight is 728 g/mol. The van der Waals surface area contributed by atoms with Gasteiger partial charge >= 0.3 is 0 Å². The Kier molecular flexibility index (Phi) is 8.04. The fourth-order valence-electron chi connectivity index (χ4n) is 9.56. The van der Waals surface area contributed by atoms with E-state index in [0.29, 0.717) is 45.8 Å². The van der Waals surface area contributed by atoms with Crippen molar-refractivity contribution >= 4 is 34.1 Å². The predicted molar refractivity (Wildman–Crippen MR) is 199 cm³/mol. The molecule has 280 valence electrons. The number of imidazole rings is 1. The van der Waals surface area contributed by atoms with E-state index in [-0.39, 0.29) is 36.5 Å². The molecule has 53 heavy (non-hydrogen) atoms. The maximum atomic E-state index is 15.7. The van der Waals surface area contributed by atoms with Crippen LogP contribution in [-0.2, 0) is 10.2 Å². The van der Waals surface area contributed by atoms with Gasteiger partial charge < -0.3 is 19.9 Å². The van der Waals surface area contributed by atoms with E-state index < -0.39 is 29.4 Å². The number of aryl methyl sites for hydroxylation is 1. The molecule has 9 nitrogen and oxygen atoms in total. The number of aliphatic hydroxyl groups is 1. The minimum absolute atomic E-state index is 0.0190. The molecule has 12 heteroatoms. The Balaban J connectivity index is 1.06. The number of nitrogens with one attached hydrogen (secondary N) is 2. The number of aliphatic hydroxyl groups excluding tert-OH is 1. The lowest BCUT2D eigenvalue weighted by Gasteiger charge is -2.48. The topological polar surface area (TPSA) is 98.6 Å². The largest absolute Gasteiger partial charge is 0.374 e. The van der Waals surface area contributed by atoms with Crippen LogP contribution < -0.4 is 15.5 Å². The number of anilines is 3. The normalized spacial score (nSPS) is 26.2. The van der Waals surface area contributed by atoms with Crippen LogP contribution in [0.4, 0.5) is 30.4 Å². The number of nitrogens with zero attached hydrogens (tertiary/aromatic N) is 5. The van der Waals surface area contributed by atoms with Gasteiger partial charge in [0.05, 0.1) is 34.2 Å². The van der Waals surface area contributed by atoms with E-state index in [1.54, 1.807) is 13.3 Å². The predicted octanol–water partition coefficient (Wildman–Crippen LogP) is 7.89. The summed E-state index contributed by atoms with van der Waals surface area (Å²) in [5.74, 6) is 0.758. The number of carbonyl (C=O) groups is 1. The highest BCUT2D eigenvalue weighted by atomic mass is 19.3. The van der Waals surface area contributed by atoms with Crippen molar-refractivity contribution in [3.05, 3.63) is 65.2 Å². The zero-order valence-electron chi connectivity index (χ0n) is 31.0. The van der Waals surface area contributed by atoms with Gasteiger partial charge in [0, 0.05) is 47.5 Å². The van der Waals surface area contributed by atoms with Crippen LogP contribution in [0, 0.1) is 18.7 Å². The molecule has 9 rings (SSSR count). The highest BCUT2D eigenvalue weighted by Crippen LogP contribution is 2.50. The lowest BCUT2D eigenvalue weighted by atomic mass is 9.82. The molecular formula is C41H48F3N7O2. The zero-order chi connectivity index (χ0) is 37.1. The fourth-order valence-corrected chi connectivity index (χ4v) is 9.56. The Morgan fingerprint density at radius 3 is 2.43 bits per heavy atom. The number of amides is 1. The van der Waals surface area contributed by atoms with Crippen molar-refractivity contribution in [3.63, 3.8) is 0 Å². The van der Waals surface area contributed by atoms with Crippen molar-refractivity contribution in [1.82, 2.24) is 24.8 Å². The van der Waals surface area contributed by atoms with E-state index >= 15 is 4.39 Å². The summed E-state index contributed by atoms with van der Waals surface area (Å²) in [6.07, 6.45) is 4.16. The Morgan fingerprint density at radius 2 is 1.77 bits per heavy atom. The maximum Gasteiger partial charge on any atom is 0.256 e. The van der Waals surface area contributed by atoms with Crippen molar-refractivity contribution in [2.45, 2.75) is 127 Å². The first-order valence-electron chi connectivity index (χ1n) is 19.2. The van der Waals surface area contributed by atoms with Gasteiger partial charge in [-0.1, -0.05) is 12.1 Å². The SMILES string of the molecule is Cc1cc(F)c(Nc2nc(-c3ccc4c(c3)N(C3CC(N5C[C@H]6CC[C@@H]5C6)C3)C(=O)C4(C)C)cc3ncn(C(C)C)c23)cc1C(O)NC1(C(F)F)CC1. The molecule has 0 radical (unpaired) electrons. The molecule has 3 N–H and O–H groups in total. The molecule has 2 aromatic carbocycles. The molecule has 1 saturated heterocycles. The van der Waals surface area contributed by atoms with Crippen molar-refractivity contribution in [2.75, 3.05) is 16.8 Å². The van der Waals surface area contributed by atoms with Crippen LogP contribution in [0.25, 0.3) is 22.3 Å². The molecule has 2 bridgehead atoms. The minimum Gasteiger partial charge on any atom is -0.374 e. The molecule has 2 aliphatic heterocycles. The van der Waals surface area contributed by atoms with Crippen LogP contribution in [0.1, 0.15) is 102 Å². The van der Waals surface area contributed by atoms with Gasteiger partial charge in [-0.3, -0.25) is 15.0 Å². The average Bonchev–Trinajstić information content (AvgIpc) is 3.38. The van der Waals surface area contributed by atoms with Crippen LogP contribution in [0.2, 0.25) is 0 Å². The number of hydrogen-bond donors (Lipinski definition) is 3. The number of piperidine rings is 1. The number of halogens is 3. The molecule has 4 heterocycles. The number of rotatable bonds is 10. The zero-order valence-corrected chi connectivity index (χ0v) is 31.0. The molecule has 1 amide bonds. The summed E-state index contributed by atoms with van der Waals surface area (Å²) in [6.45, 7) is 10.9. The molecule has 1 unspecified atom stereocenters. The van der Waals surface area contributed by atoms with E-state index in [1.807, 2.05) is 55.4 Å². The van der Waals surface area contributed by atoms with Crippen LogP contribution >= 0.6 is 0 Å². The first-order chi connectivity index (χ1) is 25.2. The Labute approximate surface area is 308 Å². The van der Waals surface area contributed by atoms with Gasteiger partial charge in [0.25, 0.3) is 6.43 Å². The second-order valence-corrected chi connectivity index (χ2v) is 17.1. The summed E-state index contributed by atoms with van der Waals surface area (Å²) in [4.78, 5) is 28.6. The summed E-state index contributed by atoms with van der Waals surface area (Å²) in [5, 5.41) is 16.9. The van der Waals surface area contributed by atoms with Gasteiger partial charge in [0.1, 0.15) is 17.6 Å². The first kappa shape index (κ1) is 34.7. The quantitative estimate of drug-likeness (QED) is 0.143. The molecule has 4 fully saturated rings. The van der Waals surface area contributed by atoms with E-state index in [9.17, 15) is 18.7 Å². The van der Waals surface area contributed by atoms with Gasteiger partial charge in [-0.2, -0.15) is 0 Å². The second-order valence-electron chi connectivity index (χ2n) is 17.1.